The molecule has 2 aliphatic rings. The first-order valence-corrected chi connectivity index (χ1v) is 16.0. The number of rotatable bonds is 9. The van der Waals surface area contributed by atoms with Crippen LogP contribution in [0.1, 0.15) is 53.1 Å². The van der Waals surface area contributed by atoms with Gasteiger partial charge in [-0.2, -0.15) is 5.26 Å². The van der Waals surface area contributed by atoms with E-state index in [1.165, 1.54) is 17.3 Å². The SMILES string of the molecule is CCCCn1c(N2CCN(Cc3ccccc3)CC2)c(C=C2SC(=S)N(Cc3ccc(C)cc3)C2=O)c(C)c(C#N)c1=O. The molecule has 5 rings (SSSR count). The van der Waals surface area contributed by atoms with Crippen LogP contribution in [0.4, 0.5) is 5.82 Å². The van der Waals surface area contributed by atoms with E-state index in [0.29, 0.717) is 27.9 Å². The molecule has 0 unspecified atom stereocenters. The lowest BCUT2D eigenvalue weighted by Crippen LogP contribution is -2.48. The highest BCUT2D eigenvalue weighted by molar-refractivity contribution is 8.26. The Kier molecular flexibility index (Phi) is 9.81. The average molecular weight is 612 g/mol. The molecule has 2 aliphatic heterocycles. The van der Waals surface area contributed by atoms with E-state index in [4.69, 9.17) is 12.2 Å². The van der Waals surface area contributed by atoms with Crippen LogP contribution < -0.4 is 10.5 Å². The fraction of sp³-hybridized carbons (Fsp3) is 0.353. The Morgan fingerprint density at radius 2 is 1.63 bits per heavy atom. The van der Waals surface area contributed by atoms with E-state index < -0.39 is 0 Å². The molecular weight excluding hydrogens is 575 g/mol. The molecule has 222 valence electrons. The van der Waals surface area contributed by atoms with Crippen molar-refractivity contribution in [3.8, 4) is 6.07 Å². The average Bonchev–Trinajstić information content (AvgIpc) is 3.27. The molecule has 0 N–H and O–H groups in total. The van der Waals surface area contributed by atoms with Crippen LogP contribution in [-0.2, 0) is 24.4 Å². The number of thioether (sulfide) groups is 1. The summed E-state index contributed by atoms with van der Waals surface area (Å²) >= 11 is 6.93. The van der Waals surface area contributed by atoms with Crippen molar-refractivity contribution in [2.24, 2.45) is 0 Å². The van der Waals surface area contributed by atoms with Crippen LogP contribution in [0.2, 0.25) is 0 Å². The largest absolute Gasteiger partial charge is 0.355 e. The number of thiocarbonyl (C=S) groups is 1. The van der Waals surface area contributed by atoms with Crippen LogP contribution in [0.25, 0.3) is 6.08 Å². The lowest BCUT2D eigenvalue weighted by Gasteiger charge is -2.38. The van der Waals surface area contributed by atoms with Crippen molar-refractivity contribution in [1.82, 2.24) is 14.4 Å². The summed E-state index contributed by atoms with van der Waals surface area (Å²) in [4.78, 5) is 34.2. The number of carbonyl (C=O) groups is 1. The number of hydrogen-bond acceptors (Lipinski definition) is 7. The summed E-state index contributed by atoms with van der Waals surface area (Å²) < 4.78 is 2.27. The minimum Gasteiger partial charge on any atom is -0.355 e. The molecule has 0 saturated carbocycles. The summed E-state index contributed by atoms with van der Waals surface area (Å²) in [6.07, 6.45) is 3.59. The maximum atomic E-state index is 13.7. The smallest absolute Gasteiger partial charge is 0.270 e. The molecular formula is C34H37N5O2S2. The first-order chi connectivity index (χ1) is 20.8. The third-order valence-electron chi connectivity index (χ3n) is 8.11. The van der Waals surface area contributed by atoms with E-state index in [-0.39, 0.29) is 17.0 Å². The Labute approximate surface area is 263 Å². The van der Waals surface area contributed by atoms with Gasteiger partial charge in [0.2, 0.25) is 0 Å². The predicted molar refractivity (Wildman–Crippen MR) is 179 cm³/mol. The number of unbranched alkanes of at least 4 members (excludes halogenated alkanes) is 1. The zero-order valence-electron chi connectivity index (χ0n) is 25.0. The molecule has 0 radical (unpaired) electrons. The summed E-state index contributed by atoms with van der Waals surface area (Å²) in [5.41, 5.74) is 4.66. The Hall–Kier alpha value is -3.71. The molecule has 0 atom stereocenters. The molecule has 3 aromatic rings. The zero-order valence-corrected chi connectivity index (χ0v) is 26.6. The van der Waals surface area contributed by atoms with Gasteiger partial charge in [-0.15, -0.1) is 0 Å². The minimum absolute atomic E-state index is 0.129. The fourth-order valence-corrected chi connectivity index (χ4v) is 6.85. The number of piperazine rings is 1. The van der Waals surface area contributed by atoms with Gasteiger partial charge in [0.15, 0.2) is 0 Å². The van der Waals surface area contributed by atoms with Gasteiger partial charge in [0.25, 0.3) is 11.5 Å². The van der Waals surface area contributed by atoms with E-state index >= 15 is 0 Å². The van der Waals surface area contributed by atoms with Gasteiger partial charge in [0.05, 0.1) is 11.4 Å². The molecule has 2 fully saturated rings. The highest BCUT2D eigenvalue weighted by Gasteiger charge is 2.34. The number of hydrogen-bond donors (Lipinski definition) is 0. The number of anilines is 1. The van der Waals surface area contributed by atoms with Gasteiger partial charge in [0, 0.05) is 44.8 Å². The Morgan fingerprint density at radius 3 is 2.28 bits per heavy atom. The van der Waals surface area contributed by atoms with E-state index in [2.05, 4.69) is 47.1 Å². The van der Waals surface area contributed by atoms with Crippen LogP contribution >= 0.6 is 24.0 Å². The summed E-state index contributed by atoms with van der Waals surface area (Å²) in [7, 11) is 0. The molecule has 1 amide bonds. The Morgan fingerprint density at radius 1 is 0.953 bits per heavy atom. The van der Waals surface area contributed by atoms with E-state index in [1.807, 2.05) is 50.3 Å². The summed E-state index contributed by atoms with van der Waals surface area (Å²) in [5, 5.41) is 10.0. The second kappa shape index (κ2) is 13.7. The summed E-state index contributed by atoms with van der Waals surface area (Å²) in [6, 6.07) is 20.7. The lowest BCUT2D eigenvalue weighted by molar-refractivity contribution is -0.122. The van der Waals surface area contributed by atoms with E-state index in [9.17, 15) is 14.9 Å². The quantitative estimate of drug-likeness (QED) is 0.222. The van der Waals surface area contributed by atoms with Crippen molar-refractivity contribution < 1.29 is 4.79 Å². The van der Waals surface area contributed by atoms with Crippen LogP contribution in [0.3, 0.4) is 0 Å². The first-order valence-electron chi connectivity index (χ1n) is 14.8. The van der Waals surface area contributed by atoms with Crippen molar-refractivity contribution in [3.05, 3.63) is 103 Å². The predicted octanol–water partition coefficient (Wildman–Crippen LogP) is 5.86. The highest BCUT2D eigenvalue weighted by atomic mass is 32.2. The summed E-state index contributed by atoms with van der Waals surface area (Å²) in [5.74, 6) is 0.636. The third-order valence-corrected chi connectivity index (χ3v) is 9.49. The second-order valence-corrected chi connectivity index (χ2v) is 12.8. The molecule has 9 heteroatoms. The fourth-order valence-electron chi connectivity index (χ4n) is 5.61. The molecule has 7 nitrogen and oxygen atoms in total. The van der Waals surface area contributed by atoms with Crippen molar-refractivity contribution in [2.45, 2.75) is 53.2 Å². The highest BCUT2D eigenvalue weighted by Crippen LogP contribution is 2.37. The van der Waals surface area contributed by atoms with Gasteiger partial charge >= 0.3 is 0 Å². The van der Waals surface area contributed by atoms with Gasteiger partial charge in [0.1, 0.15) is 21.8 Å². The number of carbonyl (C=O) groups excluding carboxylic acids is 1. The first kappa shape index (κ1) is 30.7. The monoisotopic (exact) mass is 611 g/mol. The molecule has 2 aromatic carbocycles. The Bertz CT molecular complexity index is 1630. The van der Waals surface area contributed by atoms with Crippen LogP contribution in [0, 0.1) is 25.2 Å². The topological polar surface area (TPSA) is 72.6 Å². The van der Waals surface area contributed by atoms with Gasteiger partial charge < -0.3 is 4.90 Å². The normalized spacial score (nSPS) is 16.7. The molecule has 0 spiro atoms. The van der Waals surface area contributed by atoms with Crippen LogP contribution in [0.5, 0.6) is 0 Å². The van der Waals surface area contributed by atoms with Crippen LogP contribution in [0.15, 0.2) is 64.3 Å². The van der Waals surface area contributed by atoms with Gasteiger partial charge in [-0.1, -0.05) is 97.5 Å². The number of nitriles is 1. The molecule has 0 aliphatic carbocycles. The summed E-state index contributed by atoms with van der Waals surface area (Å²) in [6.45, 7) is 10.9. The van der Waals surface area contributed by atoms with Crippen molar-refractivity contribution >= 4 is 46.1 Å². The number of pyridine rings is 1. The van der Waals surface area contributed by atoms with Crippen molar-refractivity contribution in [1.29, 1.82) is 5.26 Å². The van der Waals surface area contributed by atoms with E-state index in [1.54, 1.807) is 9.47 Å². The maximum Gasteiger partial charge on any atom is 0.270 e. The maximum absolute atomic E-state index is 13.7. The molecule has 0 bridgehead atoms. The standard InChI is InChI=1S/C34H37N5O2S2/c1-4-5-15-38-31(37-18-16-36(17-19-37)22-26-9-7-6-8-10-26)28(25(3)29(21-35)32(38)40)20-30-33(41)39(34(42)43-30)23-27-13-11-24(2)12-14-27/h6-14,20H,4-5,15-19,22-23H2,1-3H3. The molecule has 2 saturated heterocycles. The lowest BCUT2D eigenvalue weighted by atomic mass is 10.0. The number of benzene rings is 2. The van der Waals surface area contributed by atoms with E-state index in [0.717, 1.165) is 68.1 Å². The van der Waals surface area contributed by atoms with Gasteiger partial charge in [-0.05, 0) is 43.0 Å². The minimum atomic E-state index is -0.265. The Balaban J connectivity index is 1.50. The number of aromatic nitrogens is 1. The number of amides is 1. The van der Waals surface area contributed by atoms with Crippen LogP contribution in [-0.4, -0.2) is 50.8 Å². The van der Waals surface area contributed by atoms with Gasteiger partial charge in [-0.25, -0.2) is 0 Å². The van der Waals surface area contributed by atoms with Gasteiger partial charge in [-0.3, -0.25) is 24.0 Å². The third kappa shape index (κ3) is 6.77. The van der Waals surface area contributed by atoms with Crippen molar-refractivity contribution in [2.75, 3.05) is 31.1 Å². The number of aryl methyl sites for hydroxylation is 1. The second-order valence-electron chi connectivity index (χ2n) is 11.2. The zero-order chi connectivity index (χ0) is 30.5. The molecule has 43 heavy (non-hydrogen) atoms. The number of nitrogens with zero attached hydrogens (tertiary/aromatic N) is 5. The molecule has 1 aromatic heterocycles. The molecule has 3 heterocycles. The van der Waals surface area contributed by atoms with Crippen molar-refractivity contribution in [3.63, 3.8) is 0 Å².